The van der Waals surface area contributed by atoms with E-state index in [4.69, 9.17) is 5.11 Å². The highest BCUT2D eigenvalue weighted by Gasteiger charge is 2.20. The molecule has 1 aromatic rings. The molecule has 0 unspecified atom stereocenters. The predicted molar refractivity (Wildman–Crippen MR) is 53.3 cm³/mol. The summed E-state index contributed by atoms with van der Waals surface area (Å²) in [7, 11) is -3.89. The summed E-state index contributed by atoms with van der Waals surface area (Å²) in [5.74, 6) is -0.810. The Kier molecular flexibility index (Phi) is 3.78. The molecule has 0 amide bonds. The normalized spacial score (nSPS) is 13.8. The first-order valence-corrected chi connectivity index (χ1v) is 5.83. The summed E-state index contributed by atoms with van der Waals surface area (Å²) in [4.78, 5) is -0.412. The van der Waals surface area contributed by atoms with Crippen LogP contribution < -0.4 is 4.72 Å². The lowest BCUT2D eigenvalue weighted by Crippen LogP contribution is -2.35. The Hall–Kier alpha value is -0.980. The molecule has 1 aromatic carbocycles. The van der Waals surface area contributed by atoms with E-state index in [1.165, 1.54) is 25.1 Å². The van der Waals surface area contributed by atoms with Crippen molar-refractivity contribution in [2.45, 2.75) is 17.9 Å². The van der Waals surface area contributed by atoms with Gasteiger partial charge in [0.1, 0.15) is 10.7 Å². The first-order chi connectivity index (χ1) is 6.97. The molecule has 6 heteroatoms. The van der Waals surface area contributed by atoms with Gasteiger partial charge in [0.25, 0.3) is 0 Å². The molecule has 0 saturated heterocycles. The minimum absolute atomic E-state index is 0.340. The standard InChI is InChI=1S/C9H12FNO3S/c1-7(6-12)11-15(13,14)9-5-3-2-4-8(9)10/h2-5,7,11-12H,6H2,1H3/t7-/m1/s1. The summed E-state index contributed by atoms with van der Waals surface area (Å²) in [6.45, 7) is 1.14. The lowest BCUT2D eigenvalue weighted by Gasteiger charge is -2.11. The van der Waals surface area contributed by atoms with Gasteiger partial charge in [-0.25, -0.2) is 17.5 Å². The third kappa shape index (κ3) is 2.98. The fourth-order valence-corrected chi connectivity index (χ4v) is 2.34. The van der Waals surface area contributed by atoms with E-state index >= 15 is 0 Å². The zero-order valence-electron chi connectivity index (χ0n) is 8.14. The van der Waals surface area contributed by atoms with Crippen LogP contribution in [-0.2, 0) is 10.0 Å². The zero-order chi connectivity index (χ0) is 11.5. The van der Waals surface area contributed by atoms with Crippen LogP contribution in [0.15, 0.2) is 29.2 Å². The van der Waals surface area contributed by atoms with Crippen molar-refractivity contribution in [2.24, 2.45) is 0 Å². The quantitative estimate of drug-likeness (QED) is 0.795. The highest BCUT2D eigenvalue weighted by atomic mass is 32.2. The Morgan fingerprint density at radius 3 is 2.60 bits per heavy atom. The Morgan fingerprint density at radius 1 is 1.47 bits per heavy atom. The number of hydrogen-bond acceptors (Lipinski definition) is 3. The van der Waals surface area contributed by atoms with Gasteiger partial charge in [-0.2, -0.15) is 0 Å². The summed E-state index contributed by atoms with van der Waals surface area (Å²) >= 11 is 0. The van der Waals surface area contributed by atoms with E-state index in [0.29, 0.717) is 0 Å². The summed E-state index contributed by atoms with van der Waals surface area (Å²) in [6.07, 6.45) is 0. The van der Waals surface area contributed by atoms with Crippen molar-refractivity contribution >= 4 is 10.0 Å². The molecule has 0 saturated carbocycles. The van der Waals surface area contributed by atoms with Gasteiger partial charge in [-0.05, 0) is 19.1 Å². The molecule has 0 aromatic heterocycles. The fraction of sp³-hybridized carbons (Fsp3) is 0.333. The lowest BCUT2D eigenvalue weighted by atomic mass is 10.3. The molecule has 0 bridgehead atoms. The zero-order valence-corrected chi connectivity index (χ0v) is 8.96. The molecule has 84 valence electrons. The Balaban J connectivity index is 3.02. The number of rotatable bonds is 4. The molecule has 0 aliphatic carbocycles. The van der Waals surface area contributed by atoms with Gasteiger partial charge in [-0.3, -0.25) is 0 Å². The van der Waals surface area contributed by atoms with Crippen molar-refractivity contribution in [3.8, 4) is 0 Å². The summed E-state index contributed by atoms with van der Waals surface area (Å²) in [6, 6.07) is 4.43. The van der Waals surface area contributed by atoms with Crippen LogP contribution in [0.4, 0.5) is 4.39 Å². The Bertz CT molecular complexity index is 433. The van der Waals surface area contributed by atoms with Gasteiger partial charge in [-0.1, -0.05) is 12.1 Å². The fourth-order valence-electron chi connectivity index (χ4n) is 1.03. The van der Waals surface area contributed by atoms with Crippen molar-refractivity contribution in [3.63, 3.8) is 0 Å². The summed E-state index contributed by atoms with van der Waals surface area (Å²) < 4.78 is 38.4. The van der Waals surface area contributed by atoms with Gasteiger partial charge in [0.15, 0.2) is 0 Å². The molecule has 0 spiro atoms. The maximum atomic E-state index is 13.2. The van der Waals surface area contributed by atoms with Gasteiger partial charge < -0.3 is 5.11 Å². The smallest absolute Gasteiger partial charge is 0.243 e. The van der Waals surface area contributed by atoms with Crippen LogP contribution in [0.3, 0.4) is 0 Å². The van der Waals surface area contributed by atoms with E-state index in [2.05, 4.69) is 4.72 Å². The molecule has 0 heterocycles. The SMILES string of the molecule is C[C@H](CO)NS(=O)(=O)c1ccccc1F. The molecule has 1 atom stereocenters. The first kappa shape index (κ1) is 12.1. The molecule has 0 aliphatic heterocycles. The van der Waals surface area contributed by atoms with Crippen molar-refractivity contribution < 1.29 is 17.9 Å². The van der Waals surface area contributed by atoms with E-state index in [9.17, 15) is 12.8 Å². The molecule has 0 fully saturated rings. The second kappa shape index (κ2) is 4.69. The Labute approximate surface area is 87.8 Å². The van der Waals surface area contributed by atoms with E-state index < -0.39 is 26.8 Å². The van der Waals surface area contributed by atoms with Crippen molar-refractivity contribution in [1.82, 2.24) is 4.72 Å². The molecular formula is C9H12FNO3S. The van der Waals surface area contributed by atoms with Crippen LogP contribution in [0.25, 0.3) is 0 Å². The molecule has 1 rings (SSSR count). The van der Waals surface area contributed by atoms with E-state index in [1.54, 1.807) is 0 Å². The highest BCUT2D eigenvalue weighted by molar-refractivity contribution is 7.89. The number of hydrogen-bond donors (Lipinski definition) is 2. The van der Waals surface area contributed by atoms with Crippen LogP contribution in [0, 0.1) is 5.82 Å². The van der Waals surface area contributed by atoms with E-state index in [-0.39, 0.29) is 6.61 Å². The van der Waals surface area contributed by atoms with Gasteiger partial charge in [0.05, 0.1) is 6.61 Å². The maximum Gasteiger partial charge on any atom is 0.243 e. The van der Waals surface area contributed by atoms with Crippen LogP contribution in [0.5, 0.6) is 0 Å². The van der Waals surface area contributed by atoms with Gasteiger partial charge in [0.2, 0.25) is 10.0 Å². The van der Waals surface area contributed by atoms with Crippen molar-refractivity contribution in [2.75, 3.05) is 6.61 Å². The third-order valence-electron chi connectivity index (χ3n) is 1.76. The Morgan fingerprint density at radius 2 is 2.07 bits per heavy atom. The average molecular weight is 233 g/mol. The topological polar surface area (TPSA) is 66.4 Å². The maximum absolute atomic E-state index is 13.2. The average Bonchev–Trinajstić information content (AvgIpc) is 2.17. The number of aliphatic hydroxyl groups excluding tert-OH is 1. The predicted octanol–water partition coefficient (Wildman–Crippen LogP) is 0.485. The number of nitrogens with one attached hydrogen (secondary N) is 1. The number of aliphatic hydroxyl groups is 1. The summed E-state index contributed by atoms with van der Waals surface area (Å²) in [5, 5.41) is 8.69. The van der Waals surface area contributed by atoms with E-state index in [1.807, 2.05) is 0 Å². The second-order valence-corrected chi connectivity index (χ2v) is 4.82. The van der Waals surface area contributed by atoms with Gasteiger partial charge in [-0.15, -0.1) is 0 Å². The minimum atomic E-state index is -3.89. The van der Waals surface area contributed by atoms with Crippen molar-refractivity contribution in [3.05, 3.63) is 30.1 Å². The summed E-state index contributed by atoms with van der Waals surface area (Å²) in [5.41, 5.74) is 0. The lowest BCUT2D eigenvalue weighted by molar-refractivity contribution is 0.265. The molecule has 4 nitrogen and oxygen atoms in total. The molecule has 0 radical (unpaired) electrons. The van der Waals surface area contributed by atoms with Crippen LogP contribution in [-0.4, -0.2) is 26.2 Å². The van der Waals surface area contributed by atoms with E-state index in [0.717, 1.165) is 6.07 Å². The van der Waals surface area contributed by atoms with Crippen LogP contribution >= 0.6 is 0 Å². The number of halogens is 1. The van der Waals surface area contributed by atoms with Crippen LogP contribution in [0.1, 0.15) is 6.92 Å². The molecule has 0 aliphatic rings. The number of benzene rings is 1. The number of sulfonamides is 1. The van der Waals surface area contributed by atoms with Crippen LogP contribution in [0.2, 0.25) is 0 Å². The molecular weight excluding hydrogens is 221 g/mol. The molecule has 2 N–H and O–H groups in total. The minimum Gasteiger partial charge on any atom is -0.395 e. The van der Waals surface area contributed by atoms with Crippen molar-refractivity contribution in [1.29, 1.82) is 0 Å². The van der Waals surface area contributed by atoms with Gasteiger partial charge >= 0.3 is 0 Å². The second-order valence-electron chi connectivity index (χ2n) is 3.14. The monoisotopic (exact) mass is 233 g/mol. The third-order valence-corrected chi connectivity index (χ3v) is 3.38. The van der Waals surface area contributed by atoms with Gasteiger partial charge in [0, 0.05) is 6.04 Å². The first-order valence-electron chi connectivity index (χ1n) is 4.35. The molecule has 15 heavy (non-hydrogen) atoms. The highest BCUT2D eigenvalue weighted by Crippen LogP contribution is 2.13. The largest absolute Gasteiger partial charge is 0.395 e.